The first-order valence-corrected chi connectivity index (χ1v) is 11.9. The van der Waals surface area contributed by atoms with E-state index in [-0.39, 0.29) is 0 Å². The summed E-state index contributed by atoms with van der Waals surface area (Å²) in [5.74, 6) is 0.600. The molecule has 0 spiro atoms. The molecule has 7 aromatic rings. The summed E-state index contributed by atoms with van der Waals surface area (Å²) >= 11 is 0. The topological polar surface area (TPSA) is 141 Å². The standard InChI is InChI=1S/C28H20N8O2/c37-28(16-4-2-1-3-5-16)32-20-10-18(12-29-14-20)19-11-21-24(35-36-26(21)31-13-19)27-33-22-6-8-30-23(25(22)34-27)17-7-9-38-15-17/h1-15,28,32,37H,(H,33,34)(H,31,35,36). The van der Waals surface area contributed by atoms with Crippen LogP contribution in [0.3, 0.4) is 0 Å². The number of anilines is 1. The fraction of sp³-hybridized carbons (Fsp3) is 0.0357. The number of aromatic amines is 2. The van der Waals surface area contributed by atoms with Gasteiger partial charge in [0.25, 0.3) is 0 Å². The molecule has 0 aliphatic carbocycles. The van der Waals surface area contributed by atoms with Crippen LogP contribution in [0.4, 0.5) is 5.69 Å². The molecule has 0 bridgehead atoms. The van der Waals surface area contributed by atoms with Gasteiger partial charge >= 0.3 is 0 Å². The number of aromatic nitrogens is 7. The number of pyridine rings is 3. The average molecular weight is 501 g/mol. The lowest BCUT2D eigenvalue weighted by Gasteiger charge is -2.15. The summed E-state index contributed by atoms with van der Waals surface area (Å²) in [5, 5.41) is 22.0. The van der Waals surface area contributed by atoms with Gasteiger partial charge in [-0.15, -0.1) is 0 Å². The molecule has 0 saturated carbocycles. The van der Waals surface area contributed by atoms with Crippen LogP contribution < -0.4 is 5.32 Å². The Kier molecular flexibility index (Phi) is 5.15. The van der Waals surface area contributed by atoms with Crippen LogP contribution in [0.5, 0.6) is 0 Å². The van der Waals surface area contributed by atoms with E-state index in [9.17, 15) is 5.11 Å². The van der Waals surface area contributed by atoms with Crippen LogP contribution >= 0.6 is 0 Å². The van der Waals surface area contributed by atoms with Gasteiger partial charge < -0.3 is 19.8 Å². The fourth-order valence-electron chi connectivity index (χ4n) is 4.45. The second kappa shape index (κ2) is 8.95. The van der Waals surface area contributed by atoms with Crippen LogP contribution in [0.1, 0.15) is 11.8 Å². The summed E-state index contributed by atoms with van der Waals surface area (Å²) in [4.78, 5) is 21.6. The Bertz CT molecular complexity index is 1880. The zero-order chi connectivity index (χ0) is 25.5. The van der Waals surface area contributed by atoms with Gasteiger partial charge in [-0.3, -0.25) is 15.1 Å². The van der Waals surface area contributed by atoms with Crippen molar-refractivity contribution < 1.29 is 9.52 Å². The van der Waals surface area contributed by atoms with Gasteiger partial charge in [-0.2, -0.15) is 5.10 Å². The normalized spacial score (nSPS) is 12.2. The molecule has 6 aromatic heterocycles. The van der Waals surface area contributed by atoms with Crippen LogP contribution in [0.25, 0.3) is 56.0 Å². The number of rotatable bonds is 6. The predicted octanol–water partition coefficient (Wildman–Crippen LogP) is 5.32. The average Bonchev–Trinajstić information content (AvgIpc) is 3.73. The lowest BCUT2D eigenvalue weighted by atomic mass is 10.1. The number of aliphatic hydroxyl groups excluding tert-OH is 1. The van der Waals surface area contributed by atoms with Crippen molar-refractivity contribution in [1.29, 1.82) is 0 Å². The Hall–Kier alpha value is -5.35. The molecule has 0 radical (unpaired) electrons. The van der Waals surface area contributed by atoms with Crippen LogP contribution in [0.15, 0.2) is 96.3 Å². The van der Waals surface area contributed by atoms with E-state index < -0.39 is 6.23 Å². The van der Waals surface area contributed by atoms with E-state index >= 15 is 0 Å². The maximum absolute atomic E-state index is 10.6. The molecule has 1 aromatic carbocycles. The van der Waals surface area contributed by atoms with E-state index in [1.807, 2.05) is 54.6 Å². The van der Waals surface area contributed by atoms with Crippen LogP contribution in [0, 0.1) is 0 Å². The van der Waals surface area contributed by atoms with Crippen molar-refractivity contribution in [2.75, 3.05) is 5.32 Å². The van der Waals surface area contributed by atoms with Crippen molar-refractivity contribution in [2.45, 2.75) is 6.23 Å². The van der Waals surface area contributed by atoms with E-state index in [4.69, 9.17) is 9.40 Å². The molecule has 38 heavy (non-hydrogen) atoms. The minimum Gasteiger partial charge on any atom is -0.472 e. The Morgan fingerprint density at radius 2 is 1.79 bits per heavy atom. The second-order valence-corrected chi connectivity index (χ2v) is 8.77. The minimum absolute atomic E-state index is 0.600. The van der Waals surface area contributed by atoms with Gasteiger partial charge in [0, 0.05) is 40.8 Å². The van der Waals surface area contributed by atoms with Gasteiger partial charge in [-0.05, 0) is 24.3 Å². The maximum atomic E-state index is 10.6. The van der Waals surface area contributed by atoms with E-state index in [1.54, 1.807) is 37.3 Å². The van der Waals surface area contributed by atoms with E-state index in [1.165, 1.54) is 0 Å². The van der Waals surface area contributed by atoms with E-state index in [0.29, 0.717) is 22.9 Å². The minimum atomic E-state index is -0.858. The largest absolute Gasteiger partial charge is 0.472 e. The van der Waals surface area contributed by atoms with Gasteiger partial charge in [0.05, 0.1) is 35.3 Å². The Morgan fingerprint density at radius 3 is 2.66 bits per heavy atom. The molecule has 184 valence electrons. The molecule has 0 saturated heterocycles. The van der Waals surface area contributed by atoms with Gasteiger partial charge in [-0.25, -0.2) is 9.97 Å². The monoisotopic (exact) mass is 500 g/mol. The molecular weight excluding hydrogens is 480 g/mol. The van der Waals surface area contributed by atoms with Gasteiger partial charge in [-0.1, -0.05) is 30.3 Å². The quantitative estimate of drug-likeness (QED) is 0.225. The molecule has 1 atom stereocenters. The highest BCUT2D eigenvalue weighted by Gasteiger charge is 2.17. The first-order chi connectivity index (χ1) is 18.7. The van der Waals surface area contributed by atoms with Crippen molar-refractivity contribution in [3.05, 3.63) is 97.5 Å². The van der Waals surface area contributed by atoms with E-state index in [2.05, 4.69) is 35.5 Å². The summed E-state index contributed by atoms with van der Waals surface area (Å²) < 4.78 is 5.23. The molecular formula is C28H20N8O2. The molecule has 0 amide bonds. The molecule has 4 N–H and O–H groups in total. The van der Waals surface area contributed by atoms with Crippen molar-refractivity contribution in [2.24, 2.45) is 0 Å². The number of fused-ring (bicyclic) bond motifs is 2. The number of benzene rings is 1. The number of aliphatic hydroxyl groups is 1. The highest BCUT2D eigenvalue weighted by molar-refractivity contribution is 5.96. The summed E-state index contributed by atoms with van der Waals surface area (Å²) in [6.45, 7) is 0. The lowest BCUT2D eigenvalue weighted by Crippen LogP contribution is -2.09. The van der Waals surface area contributed by atoms with Crippen LogP contribution in [-0.2, 0) is 0 Å². The summed E-state index contributed by atoms with van der Waals surface area (Å²) in [6.07, 6.45) is 9.32. The third-order valence-electron chi connectivity index (χ3n) is 6.33. The molecule has 0 fully saturated rings. The summed E-state index contributed by atoms with van der Waals surface area (Å²) in [5.41, 5.74) is 7.56. The molecule has 10 nitrogen and oxygen atoms in total. The molecule has 6 heterocycles. The zero-order valence-corrected chi connectivity index (χ0v) is 19.8. The fourth-order valence-corrected chi connectivity index (χ4v) is 4.45. The second-order valence-electron chi connectivity index (χ2n) is 8.77. The number of nitrogens with zero attached hydrogens (tertiary/aromatic N) is 5. The number of hydrogen-bond donors (Lipinski definition) is 4. The highest BCUT2D eigenvalue weighted by atomic mass is 16.3. The number of H-pyrrole nitrogens is 2. The van der Waals surface area contributed by atoms with Crippen molar-refractivity contribution in [3.63, 3.8) is 0 Å². The lowest BCUT2D eigenvalue weighted by molar-refractivity contribution is 0.208. The molecule has 0 aliphatic rings. The zero-order valence-electron chi connectivity index (χ0n) is 19.8. The van der Waals surface area contributed by atoms with Crippen molar-refractivity contribution >= 4 is 27.8 Å². The number of hydrogen-bond acceptors (Lipinski definition) is 8. The molecule has 1 unspecified atom stereocenters. The van der Waals surface area contributed by atoms with Crippen molar-refractivity contribution in [1.82, 2.24) is 35.1 Å². The Balaban J connectivity index is 1.25. The van der Waals surface area contributed by atoms with Gasteiger partial charge in [0.1, 0.15) is 16.9 Å². The van der Waals surface area contributed by atoms with Crippen LogP contribution in [-0.4, -0.2) is 40.2 Å². The van der Waals surface area contributed by atoms with Crippen molar-refractivity contribution in [3.8, 4) is 33.9 Å². The highest BCUT2D eigenvalue weighted by Crippen LogP contribution is 2.32. The van der Waals surface area contributed by atoms with Gasteiger partial charge in [0.15, 0.2) is 17.7 Å². The molecule has 10 heteroatoms. The van der Waals surface area contributed by atoms with E-state index in [0.717, 1.165) is 44.4 Å². The third kappa shape index (κ3) is 3.85. The number of nitrogens with one attached hydrogen (secondary N) is 3. The third-order valence-corrected chi connectivity index (χ3v) is 6.33. The summed E-state index contributed by atoms with van der Waals surface area (Å²) in [7, 11) is 0. The number of imidazole rings is 1. The first-order valence-electron chi connectivity index (χ1n) is 11.9. The smallest absolute Gasteiger partial charge is 0.159 e. The first kappa shape index (κ1) is 21.9. The summed E-state index contributed by atoms with van der Waals surface area (Å²) in [6, 6.07) is 17.0. The molecule has 0 aliphatic heterocycles. The SMILES string of the molecule is OC(Nc1cncc(-c2cnc3[nH]nc(-c4nc5c(-c6ccoc6)nccc5[nH]4)c3c2)c1)c1ccccc1. The molecule has 7 rings (SSSR count). The Labute approximate surface area is 215 Å². The maximum Gasteiger partial charge on any atom is 0.159 e. The predicted molar refractivity (Wildman–Crippen MR) is 143 cm³/mol. The number of furan rings is 1. The van der Waals surface area contributed by atoms with Gasteiger partial charge in [0.2, 0.25) is 0 Å². The Morgan fingerprint density at radius 1 is 0.895 bits per heavy atom. The van der Waals surface area contributed by atoms with Crippen LogP contribution in [0.2, 0.25) is 0 Å².